The Morgan fingerprint density at radius 1 is 0.899 bits per heavy atom. The molecule has 6 N–H and O–H groups in total. The van der Waals surface area contributed by atoms with Crippen molar-refractivity contribution < 1.29 is 46.6 Å². The van der Waals surface area contributed by atoms with Crippen LogP contribution < -0.4 is 31.1 Å². The number of carbonyl (C=O) groups is 5. The van der Waals surface area contributed by atoms with Crippen LogP contribution >= 0.6 is 0 Å². The molecule has 0 bridgehead atoms. The third kappa shape index (κ3) is 12.9. The number of allylic oxidation sites excluding steroid dienone is 1. The quantitative estimate of drug-likeness (QED) is 0.0248. The van der Waals surface area contributed by atoms with E-state index in [1.54, 1.807) is 52.8 Å². The fourth-order valence-corrected chi connectivity index (χ4v) is 10.1. The third-order valence-corrected chi connectivity index (χ3v) is 13.6. The minimum atomic E-state index is -4.19. The first-order valence-corrected chi connectivity index (χ1v) is 24.4. The number of nitrogens with one attached hydrogen (secondary N) is 4. The number of ether oxygens (including phenoxy) is 3. The van der Waals surface area contributed by atoms with Gasteiger partial charge in [-0.15, -0.1) is 13.2 Å². The zero-order chi connectivity index (χ0) is 51.2. The maximum atomic E-state index is 14.2. The zero-order valence-corrected chi connectivity index (χ0v) is 42.2. The van der Waals surface area contributed by atoms with Gasteiger partial charge in [0.15, 0.2) is 0 Å². The van der Waals surface area contributed by atoms with Gasteiger partial charge in [0.1, 0.15) is 35.1 Å². The molecule has 0 saturated carbocycles. The molecule has 17 nitrogen and oxygen atoms in total. The molecular weight excluding hydrogens is 903 g/mol. The topological polar surface area (TPSA) is 239 Å². The van der Waals surface area contributed by atoms with Crippen LogP contribution in [0.15, 0.2) is 71.6 Å². The molecule has 1 aliphatic heterocycles. The van der Waals surface area contributed by atoms with E-state index < -0.39 is 63.5 Å². The number of aromatic nitrogens is 1. The van der Waals surface area contributed by atoms with Crippen molar-refractivity contribution in [2.75, 3.05) is 13.7 Å². The van der Waals surface area contributed by atoms with Crippen molar-refractivity contribution >= 4 is 67.6 Å². The summed E-state index contributed by atoms with van der Waals surface area (Å²) in [5, 5.41) is 9.55. The second kappa shape index (κ2) is 21.7. The van der Waals surface area contributed by atoms with E-state index in [2.05, 4.69) is 38.8 Å². The summed E-state index contributed by atoms with van der Waals surface area (Å²) in [6.07, 6.45) is 4.69. The van der Waals surface area contributed by atoms with Gasteiger partial charge in [-0.2, -0.15) is 0 Å². The van der Waals surface area contributed by atoms with Crippen LogP contribution in [0.3, 0.4) is 0 Å². The van der Waals surface area contributed by atoms with Gasteiger partial charge in [-0.1, -0.05) is 24.3 Å². The summed E-state index contributed by atoms with van der Waals surface area (Å²) in [6, 6.07) is 7.51. The van der Waals surface area contributed by atoms with E-state index in [1.807, 2.05) is 45.0 Å². The summed E-state index contributed by atoms with van der Waals surface area (Å²) < 4.78 is 48.5. The number of rotatable bonds is 18. The number of aliphatic imine (C=N–C) groups is 1. The summed E-state index contributed by atoms with van der Waals surface area (Å²) in [7, 11) is -3.02. The minimum absolute atomic E-state index is 0.0168. The number of benzene rings is 3. The number of guanidine groups is 1. The second-order valence-electron chi connectivity index (χ2n) is 19.0. The Balaban J connectivity index is 1.40. The van der Waals surface area contributed by atoms with E-state index in [9.17, 15) is 32.4 Å². The molecule has 0 fully saturated rings. The van der Waals surface area contributed by atoms with Crippen molar-refractivity contribution in [3.05, 3.63) is 95.1 Å². The number of sulfonamides is 1. The van der Waals surface area contributed by atoms with Gasteiger partial charge in [-0.05, 0) is 152 Å². The lowest BCUT2D eigenvalue weighted by molar-refractivity contribution is -0.145. The largest absolute Gasteiger partial charge is 0.487 e. The Labute approximate surface area is 404 Å². The summed E-state index contributed by atoms with van der Waals surface area (Å²) in [6.45, 7) is 23.4. The third-order valence-electron chi connectivity index (χ3n) is 11.9. The van der Waals surface area contributed by atoms with Crippen LogP contribution in [0.1, 0.15) is 101 Å². The van der Waals surface area contributed by atoms with Crippen molar-refractivity contribution in [3.63, 3.8) is 0 Å². The Bertz CT molecular complexity index is 2820. The van der Waals surface area contributed by atoms with Crippen molar-refractivity contribution in [2.24, 2.45) is 10.7 Å². The van der Waals surface area contributed by atoms with Crippen molar-refractivity contribution in [1.29, 1.82) is 0 Å². The first-order chi connectivity index (χ1) is 32.3. The summed E-state index contributed by atoms with van der Waals surface area (Å²) in [4.78, 5) is 71.3. The number of hydrogen-bond donors (Lipinski definition) is 5. The highest BCUT2D eigenvalue weighted by Gasteiger charge is 2.34. The van der Waals surface area contributed by atoms with Crippen LogP contribution in [0, 0.1) is 20.8 Å². The fourth-order valence-electron chi connectivity index (χ4n) is 8.54. The van der Waals surface area contributed by atoms with Gasteiger partial charge < -0.3 is 35.9 Å². The van der Waals surface area contributed by atoms with E-state index >= 15 is 0 Å². The molecule has 1 aliphatic rings. The summed E-state index contributed by atoms with van der Waals surface area (Å²) in [5.74, 6) is -2.36. The predicted molar refractivity (Wildman–Crippen MR) is 267 cm³/mol. The lowest BCUT2D eigenvalue weighted by Crippen LogP contribution is -2.56. The zero-order valence-electron chi connectivity index (χ0n) is 41.4. The van der Waals surface area contributed by atoms with Gasteiger partial charge in [-0.25, -0.2) is 27.3 Å². The first-order valence-electron chi connectivity index (χ1n) is 22.9. The molecule has 1 unspecified atom stereocenters. The molecule has 3 amide bonds. The smallest absolute Gasteiger partial charge is 0.419 e. The second-order valence-corrected chi connectivity index (χ2v) is 20.6. The molecule has 2 heterocycles. The molecule has 3 aromatic carbocycles. The molecule has 0 radical (unpaired) electrons. The molecule has 372 valence electrons. The van der Waals surface area contributed by atoms with Crippen LogP contribution in [-0.2, 0) is 57.9 Å². The van der Waals surface area contributed by atoms with E-state index in [0.29, 0.717) is 58.1 Å². The summed E-state index contributed by atoms with van der Waals surface area (Å²) >= 11 is 0. The van der Waals surface area contributed by atoms with Crippen LogP contribution in [0.2, 0.25) is 0 Å². The normalized spacial score (nSPS) is 14.9. The van der Waals surface area contributed by atoms with E-state index in [1.165, 1.54) is 24.7 Å². The summed E-state index contributed by atoms with van der Waals surface area (Å²) in [5.41, 5.74) is 10.4. The maximum Gasteiger partial charge on any atom is 0.419 e. The molecule has 0 aliphatic carbocycles. The van der Waals surface area contributed by atoms with E-state index in [4.69, 9.17) is 19.9 Å². The van der Waals surface area contributed by atoms with E-state index in [0.717, 1.165) is 22.1 Å². The Morgan fingerprint density at radius 3 is 2.10 bits per heavy atom. The molecule has 1 aromatic heterocycles. The van der Waals surface area contributed by atoms with Crippen LogP contribution in [0.5, 0.6) is 5.75 Å². The molecule has 0 spiro atoms. The molecule has 69 heavy (non-hydrogen) atoms. The number of carbonyl (C=O) groups excluding carboxylic acids is 5. The number of amides is 3. The molecule has 0 saturated heterocycles. The monoisotopic (exact) mass is 969 g/mol. The number of esters is 1. The fraction of sp³-hybridized carbons (Fsp3) is 0.451. The maximum absolute atomic E-state index is 14.2. The predicted octanol–water partition coefficient (Wildman–Crippen LogP) is 6.17. The van der Waals surface area contributed by atoms with E-state index in [-0.39, 0.29) is 48.7 Å². The van der Waals surface area contributed by atoms with Gasteiger partial charge in [0.05, 0.1) is 23.0 Å². The number of nitrogens with zero attached hydrogens (tertiary/aromatic N) is 2. The van der Waals surface area contributed by atoms with Gasteiger partial charge in [0.25, 0.3) is 10.0 Å². The Morgan fingerprint density at radius 2 is 1.51 bits per heavy atom. The van der Waals surface area contributed by atoms with Crippen LogP contribution in [0.25, 0.3) is 21.8 Å². The minimum Gasteiger partial charge on any atom is -0.487 e. The Hall–Kier alpha value is -6.69. The van der Waals surface area contributed by atoms with Crippen molar-refractivity contribution in [3.8, 4) is 5.75 Å². The number of nitrogens with two attached hydrogens (primary N) is 1. The highest BCUT2D eigenvalue weighted by molar-refractivity contribution is 7.90. The van der Waals surface area contributed by atoms with Gasteiger partial charge in [-0.3, -0.25) is 19.4 Å². The highest BCUT2D eigenvalue weighted by atomic mass is 32.2. The number of methoxy groups -OCH3 is 1. The Kier molecular flexibility index (Phi) is 16.8. The lowest BCUT2D eigenvalue weighted by atomic mass is 9.88. The SMILES string of the molecule is C=CCc1ccc2c(c1)c1cc(CC(NC(C)=O)C(=O)N[C@@H](CCCN=C(N)NS(=O)(=O)c3c(C)c(C)c4c(c3C)CCC(C)(C)O4)C(=O)N[C@@H](CC=C)C(=O)OC)ccc1n2C(=O)OC(C)(C)C. The number of hydrogen-bond acceptors (Lipinski definition) is 11. The first kappa shape index (κ1) is 53.3. The lowest BCUT2D eigenvalue weighted by Gasteiger charge is -2.35. The average molecular weight is 970 g/mol. The van der Waals surface area contributed by atoms with Gasteiger partial charge in [0, 0.05) is 30.7 Å². The number of fused-ring (bicyclic) bond motifs is 4. The highest BCUT2D eigenvalue weighted by Crippen LogP contribution is 2.42. The van der Waals surface area contributed by atoms with Crippen LogP contribution in [-0.4, -0.2) is 91.7 Å². The molecule has 5 rings (SSSR count). The molecule has 3 atom stereocenters. The van der Waals surface area contributed by atoms with Gasteiger partial charge in [0.2, 0.25) is 23.7 Å². The van der Waals surface area contributed by atoms with Crippen LogP contribution in [0.4, 0.5) is 4.79 Å². The van der Waals surface area contributed by atoms with Crippen molar-refractivity contribution in [1.82, 2.24) is 25.2 Å². The molecule has 18 heteroatoms. The van der Waals surface area contributed by atoms with Gasteiger partial charge >= 0.3 is 12.1 Å². The molecular formula is C51H67N7O10S. The average Bonchev–Trinajstić information content (AvgIpc) is 3.57. The van der Waals surface area contributed by atoms with Crippen molar-refractivity contribution in [2.45, 2.75) is 141 Å². The molecule has 4 aromatic rings. The standard InChI is InChI=1S/C51H67N7O10S/c1-13-16-33-19-21-41-36(26-33)37-27-34(20-22-42(37)58(41)49(63)68-50(7,8)9)28-40(54-32(6)59)46(61)55-38(45(60)56-39(17-14-2)47(62)66-12)18-15-25-53-48(52)57-69(64,65)44-30(4)29(3)43-35(31(44)5)23-24-51(10,11)67-43/h13-14,19-22,26-27,38-40H,1-2,15-18,23-25,28H2,3-12H3,(H,54,59)(H,55,61)(H,56,60)(H3,52,53,57)/t38-,39-,40?/m0/s1.